The van der Waals surface area contributed by atoms with Gasteiger partial charge in [-0.25, -0.2) is 4.79 Å². The van der Waals surface area contributed by atoms with E-state index in [0.717, 1.165) is 13.8 Å². The Balaban J connectivity index is 2.43. The van der Waals surface area contributed by atoms with E-state index in [9.17, 15) is 24.0 Å². The highest BCUT2D eigenvalue weighted by Crippen LogP contribution is 2.29. The minimum Gasteiger partial charge on any atom is -0.478 e. The van der Waals surface area contributed by atoms with Crippen molar-refractivity contribution in [1.82, 2.24) is 5.32 Å². The summed E-state index contributed by atoms with van der Waals surface area (Å²) in [6, 6.07) is 4.21. The fourth-order valence-electron chi connectivity index (χ4n) is 3.20. The minimum atomic E-state index is -1.29. The molecule has 0 aliphatic carbocycles. The van der Waals surface area contributed by atoms with Crippen LogP contribution in [0.2, 0.25) is 0 Å². The van der Waals surface area contributed by atoms with Crippen LogP contribution < -0.4 is 10.1 Å². The molecule has 1 aliphatic rings. The standard InChI is InChI=1S/C21H25NO11/c1-10(23)22-17-19(31-13(4)26)18(30-12(3)25)16(9-29-11(2)24)33-21(17)32-15-7-5-14(6-8-15)20(27)28/h5-8,16-19,21H,9H2,1-4H3,(H,22,23)(H,27,28)/t16-,17-,18+,19-,21-/m1/s1. The van der Waals surface area contributed by atoms with Gasteiger partial charge in [-0.15, -0.1) is 0 Å². The van der Waals surface area contributed by atoms with E-state index in [4.69, 9.17) is 28.8 Å². The number of carboxylic acid groups (broad SMARTS) is 1. The average molecular weight is 467 g/mol. The van der Waals surface area contributed by atoms with Gasteiger partial charge in [0, 0.05) is 27.7 Å². The number of esters is 3. The number of benzene rings is 1. The summed E-state index contributed by atoms with van der Waals surface area (Å²) in [5.74, 6) is -3.55. The van der Waals surface area contributed by atoms with Crippen LogP contribution in [0.3, 0.4) is 0 Å². The van der Waals surface area contributed by atoms with E-state index in [1.807, 2.05) is 0 Å². The molecule has 0 saturated carbocycles. The molecule has 33 heavy (non-hydrogen) atoms. The second-order valence-corrected chi connectivity index (χ2v) is 7.17. The number of carbonyl (C=O) groups is 5. The smallest absolute Gasteiger partial charge is 0.335 e. The summed E-state index contributed by atoms with van der Waals surface area (Å²) < 4.78 is 27.3. The maximum absolute atomic E-state index is 11.9. The normalized spacial score (nSPS) is 24.2. The van der Waals surface area contributed by atoms with Crippen LogP contribution in [-0.2, 0) is 38.1 Å². The highest BCUT2D eigenvalue weighted by atomic mass is 16.7. The molecule has 12 nitrogen and oxygen atoms in total. The van der Waals surface area contributed by atoms with Gasteiger partial charge in [0.25, 0.3) is 0 Å². The van der Waals surface area contributed by atoms with Gasteiger partial charge in [-0.2, -0.15) is 0 Å². The van der Waals surface area contributed by atoms with Crippen LogP contribution in [0, 0.1) is 0 Å². The Morgan fingerprint density at radius 3 is 1.97 bits per heavy atom. The molecule has 12 heteroatoms. The maximum Gasteiger partial charge on any atom is 0.335 e. The lowest BCUT2D eigenvalue weighted by atomic mass is 9.96. The molecule has 5 atom stereocenters. The predicted molar refractivity (Wildman–Crippen MR) is 108 cm³/mol. The number of amides is 1. The first-order valence-electron chi connectivity index (χ1n) is 9.88. The summed E-state index contributed by atoms with van der Waals surface area (Å²) >= 11 is 0. The first-order valence-corrected chi connectivity index (χ1v) is 9.88. The molecule has 2 rings (SSSR count). The molecule has 1 saturated heterocycles. The highest BCUT2D eigenvalue weighted by molar-refractivity contribution is 5.87. The zero-order valence-corrected chi connectivity index (χ0v) is 18.4. The van der Waals surface area contributed by atoms with Crippen molar-refractivity contribution < 1.29 is 52.8 Å². The van der Waals surface area contributed by atoms with Crippen molar-refractivity contribution in [3.05, 3.63) is 29.8 Å². The fraction of sp³-hybridized carbons (Fsp3) is 0.476. The van der Waals surface area contributed by atoms with Gasteiger partial charge in [0.1, 0.15) is 24.5 Å². The molecule has 0 bridgehead atoms. The Morgan fingerprint density at radius 1 is 0.909 bits per heavy atom. The monoisotopic (exact) mass is 467 g/mol. The lowest BCUT2D eigenvalue weighted by Crippen LogP contribution is -2.67. The van der Waals surface area contributed by atoms with Crippen molar-refractivity contribution in [1.29, 1.82) is 0 Å². The van der Waals surface area contributed by atoms with E-state index in [-0.39, 0.29) is 17.9 Å². The predicted octanol–water partition coefficient (Wildman–Crippen LogP) is 0.420. The van der Waals surface area contributed by atoms with Crippen molar-refractivity contribution in [3.8, 4) is 5.75 Å². The molecule has 0 aromatic heterocycles. The minimum absolute atomic E-state index is 0.0192. The van der Waals surface area contributed by atoms with Crippen LogP contribution in [-0.4, -0.2) is 72.1 Å². The molecule has 1 heterocycles. The van der Waals surface area contributed by atoms with Crippen molar-refractivity contribution in [2.24, 2.45) is 0 Å². The van der Waals surface area contributed by atoms with Gasteiger partial charge in [0.2, 0.25) is 12.2 Å². The third kappa shape index (κ3) is 7.45. The Bertz CT molecular complexity index is 898. The third-order valence-corrected chi connectivity index (χ3v) is 4.42. The first-order chi connectivity index (χ1) is 15.5. The number of carboxylic acids is 1. The van der Waals surface area contributed by atoms with Crippen molar-refractivity contribution in [3.63, 3.8) is 0 Å². The van der Waals surface area contributed by atoms with Gasteiger partial charge in [-0.1, -0.05) is 0 Å². The van der Waals surface area contributed by atoms with Gasteiger partial charge in [0.15, 0.2) is 12.2 Å². The molecular weight excluding hydrogens is 442 g/mol. The second-order valence-electron chi connectivity index (χ2n) is 7.17. The van der Waals surface area contributed by atoms with E-state index < -0.39 is 60.4 Å². The van der Waals surface area contributed by atoms with E-state index in [1.165, 1.54) is 38.1 Å². The number of carbonyl (C=O) groups excluding carboxylic acids is 4. The van der Waals surface area contributed by atoms with E-state index in [0.29, 0.717) is 0 Å². The Labute approximate surface area is 189 Å². The first kappa shape index (κ1) is 25.6. The van der Waals surface area contributed by atoms with E-state index in [1.54, 1.807) is 0 Å². The average Bonchev–Trinajstić information content (AvgIpc) is 2.70. The van der Waals surface area contributed by atoms with E-state index >= 15 is 0 Å². The van der Waals surface area contributed by atoms with Crippen molar-refractivity contribution in [2.45, 2.75) is 58.3 Å². The van der Waals surface area contributed by atoms with Crippen molar-refractivity contribution in [2.75, 3.05) is 6.61 Å². The van der Waals surface area contributed by atoms with Gasteiger partial charge in [-0.3, -0.25) is 19.2 Å². The van der Waals surface area contributed by atoms with Gasteiger partial charge < -0.3 is 34.1 Å². The third-order valence-electron chi connectivity index (χ3n) is 4.42. The van der Waals surface area contributed by atoms with Crippen LogP contribution in [0.25, 0.3) is 0 Å². The van der Waals surface area contributed by atoms with E-state index in [2.05, 4.69) is 5.32 Å². The Kier molecular flexibility index (Phi) is 8.74. The molecule has 0 radical (unpaired) electrons. The fourth-order valence-corrected chi connectivity index (χ4v) is 3.20. The highest BCUT2D eigenvalue weighted by Gasteiger charge is 2.51. The number of hydrogen-bond acceptors (Lipinski definition) is 10. The summed E-state index contributed by atoms with van der Waals surface area (Å²) in [5.41, 5.74) is 0.0192. The molecular formula is C21H25NO11. The molecule has 2 N–H and O–H groups in total. The van der Waals surface area contributed by atoms with Gasteiger partial charge in [0.05, 0.1) is 5.56 Å². The largest absolute Gasteiger partial charge is 0.478 e. The summed E-state index contributed by atoms with van der Waals surface area (Å²) in [7, 11) is 0. The quantitative estimate of drug-likeness (QED) is 0.402. The molecule has 0 spiro atoms. The number of nitrogens with one attached hydrogen (secondary N) is 1. The van der Waals surface area contributed by atoms with Crippen LogP contribution in [0.15, 0.2) is 24.3 Å². The summed E-state index contributed by atoms with van der Waals surface area (Å²) in [6.45, 7) is 4.29. The van der Waals surface area contributed by atoms with Crippen LogP contribution in [0.5, 0.6) is 5.75 Å². The molecule has 0 unspecified atom stereocenters. The van der Waals surface area contributed by atoms with Gasteiger partial charge >= 0.3 is 23.9 Å². The number of ether oxygens (including phenoxy) is 5. The lowest BCUT2D eigenvalue weighted by Gasteiger charge is -2.44. The van der Waals surface area contributed by atoms with Crippen LogP contribution in [0.1, 0.15) is 38.1 Å². The van der Waals surface area contributed by atoms with Crippen LogP contribution >= 0.6 is 0 Å². The van der Waals surface area contributed by atoms with Gasteiger partial charge in [-0.05, 0) is 24.3 Å². The molecule has 180 valence electrons. The number of hydrogen-bond donors (Lipinski definition) is 2. The Hall–Kier alpha value is -3.67. The number of rotatable bonds is 8. The summed E-state index contributed by atoms with van der Waals surface area (Å²) in [4.78, 5) is 57.8. The summed E-state index contributed by atoms with van der Waals surface area (Å²) in [5, 5.41) is 11.6. The molecule has 1 aromatic carbocycles. The summed E-state index contributed by atoms with van der Waals surface area (Å²) in [6.07, 6.45) is -4.90. The number of aromatic carboxylic acids is 1. The molecule has 1 aliphatic heterocycles. The second kappa shape index (κ2) is 11.3. The topological polar surface area (TPSA) is 164 Å². The zero-order valence-electron chi connectivity index (χ0n) is 18.4. The molecule has 1 fully saturated rings. The maximum atomic E-state index is 11.9. The van der Waals surface area contributed by atoms with Crippen LogP contribution in [0.4, 0.5) is 0 Å². The Morgan fingerprint density at radius 2 is 1.48 bits per heavy atom. The SMILES string of the molecule is CC(=O)N[C@H]1[C@H](Oc2ccc(C(=O)O)cc2)O[C@H](COC(C)=O)[C@H](OC(C)=O)[C@@H]1OC(C)=O. The molecule has 1 aromatic rings. The lowest BCUT2D eigenvalue weighted by molar-refractivity contribution is -0.257. The van der Waals surface area contributed by atoms with Crippen molar-refractivity contribution >= 4 is 29.8 Å². The zero-order chi connectivity index (χ0) is 24.7. The molecule has 1 amide bonds.